The van der Waals surface area contributed by atoms with Crippen LogP contribution in [0.2, 0.25) is 0 Å². The van der Waals surface area contributed by atoms with Crippen molar-refractivity contribution in [2.24, 2.45) is 0 Å². The Kier molecular flexibility index (Phi) is 3.05. The standard InChI is InChI=1S/C11H14N4O4/c1-18-11-9-10(12-4-13-11)15(5-14-9)8-2-6(17)7(3-16)19-8/h4-8,16-17H,2-3H2,1H3/t6-,7+,8+/m1/s1. The van der Waals surface area contributed by atoms with Gasteiger partial charge in [-0.1, -0.05) is 0 Å². The summed E-state index contributed by atoms with van der Waals surface area (Å²) >= 11 is 0. The molecule has 19 heavy (non-hydrogen) atoms. The quantitative estimate of drug-likeness (QED) is 0.770. The van der Waals surface area contributed by atoms with Crippen molar-refractivity contribution in [3.05, 3.63) is 12.7 Å². The van der Waals surface area contributed by atoms with Gasteiger partial charge in [-0.15, -0.1) is 0 Å². The van der Waals surface area contributed by atoms with Gasteiger partial charge in [0.15, 0.2) is 11.2 Å². The molecule has 0 radical (unpaired) electrons. The highest BCUT2D eigenvalue weighted by Gasteiger charge is 2.35. The zero-order valence-electron chi connectivity index (χ0n) is 10.3. The van der Waals surface area contributed by atoms with E-state index in [2.05, 4.69) is 15.0 Å². The summed E-state index contributed by atoms with van der Waals surface area (Å²) in [6, 6.07) is 0. The van der Waals surface area contributed by atoms with Crippen molar-refractivity contribution >= 4 is 11.2 Å². The average molecular weight is 266 g/mol. The van der Waals surface area contributed by atoms with E-state index in [1.165, 1.54) is 13.4 Å². The Balaban J connectivity index is 1.98. The number of aliphatic hydroxyl groups excluding tert-OH is 2. The Bertz CT molecular complexity index is 587. The SMILES string of the molecule is COc1ncnc2c1ncn2[C@@H]1C[C@@H](O)[C@H](CO)O1. The summed E-state index contributed by atoms with van der Waals surface area (Å²) in [5, 5.41) is 18.8. The predicted molar refractivity (Wildman–Crippen MR) is 63.5 cm³/mol. The first kappa shape index (κ1) is 12.3. The summed E-state index contributed by atoms with van der Waals surface area (Å²) < 4.78 is 12.4. The lowest BCUT2D eigenvalue weighted by Crippen LogP contribution is -2.24. The van der Waals surface area contributed by atoms with Crippen molar-refractivity contribution in [3.8, 4) is 5.88 Å². The minimum absolute atomic E-state index is 0.220. The third kappa shape index (κ3) is 1.93. The average Bonchev–Trinajstić information content (AvgIpc) is 3.01. The number of hydrogen-bond donors (Lipinski definition) is 2. The minimum atomic E-state index is -0.698. The molecule has 8 heteroatoms. The van der Waals surface area contributed by atoms with Crippen molar-refractivity contribution in [2.75, 3.05) is 13.7 Å². The second kappa shape index (κ2) is 4.72. The van der Waals surface area contributed by atoms with E-state index < -0.39 is 18.4 Å². The van der Waals surface area contributed by atoms with Crippen molar-refractivity contribution in [1.29, 1.82) is 0 Å². The Labute approximate surface area is 108 Å². The fraction of sp³-hybridized carbons (Fsp3) is 0.545. The Morgan fingerprint density at radius 1 is 1.47 bits per heavy atom. The molecule has 1 aliphatic rings. The van der Waals surface area contributed by atoms with Gasteiger partial charge in [0, 0.05) is 6.42 Å². The molecule has 3 rings (SSSR count). The number of imidazole rings is 1. The van der Waals surface area contributed by atoms with Gasteiger partial charge in [0.1, 0.15) is 18.7 Å². The summed E-state index contributed by atoms with van der Waals surface area (Å²) in [5.41, 5.74) is 1.11. The molecule has 0 saturated carbocycles. The van der Waals surface area contributed by atoms with Gasteiger partial charge < -0.3 is 19.7 Å². The molecule has 3 heterocycles. The number of nitrogens with zero attached hydrogens (tertiary/aromatic N) is 4. The first-order valence-corrected chi connectivity index (χ1v) is 5.90. The molecule has 1 saturated heterocycles. The van der Waals surface area contributed by atoms with E-state index in [0.717, 1.165) is 0 Å². The van der Waals surface area contributed by atoms with Crippen molar-refractivity contribution in [1.82, 2.24) is 19.5 Å². The van der Waals surface area contributed by atoms with Gasteiger partial charge in [-0.2, -0.15) is 4.98 Å². The molecule has 0 spiro atoms. The number of ether oxygens (including phenoxy) is 2. The number of aliphatic hydroxyl groups is 2. The lowest BCUT2D eigenvalue weighted by molar-refractivity contribution is -0.0432. The van der Waals surface area contributed by atoms with Gasteiger partial charge in [-0.25, -0.2) is 9.97 Å². The molecular weight excluding hydrogens is 252 g/mol. The van der Waals surface area contributed by atoms with Crippen LogP contribution in [0.15, 0.2) is 12.7 Å². The number of methoxy groups -OCH3 is 1. The Morgan fingerprint density at radius 2 is 2.32 bits per heavy atom. The van der Waals surface area contributed by atoms with Crippen LogP contribution in [0.1, 0.15) is 12.6 Å². The molecule has 2 aromatic heterocycles. The maximum atomic E-state index is 9.75. The van der Waals surface area contributed by atoms with Gasteiger partial charge >= 0.3 is 0 Å². The van der Waals surface area contributed by atoms with Gasteiger partial charge in [0.05, 0.1) is 26.1 Å². The fourth-order valence-electron chi connectivity index (χ4n) is 2.24. The smallest absolute Gasteiger partial charge is 0.245 e. The van der Waals surface area contributed by atoms with Crippen LogP contribution in [0, 0.1) is 0 Å². The normalized spacial score (nSPS) is 27.0. The van der Waals surface area contributed by atoms with Crippen LogP contribution in [-0.2, 0) is 4.74 Å². The van der Waals surface area contributed by atoms with E-state index in [1.54, 1.807) is 10.9 Å². The molecule has 3 atom stereocenters. The maximum Gasteiger partial charge on any atom is 0.245 e. The van der Waals surface area contributed by atoms with E-state index in [-0.39, 0.29) is 6.61 Å². The lowest BCUT2D eigenvalue weighted by atomic mass is 10.2. The van der Waals surface area contributed by atoms with Gasteiger partial charge in [-0.3, -0.25) is 4.57 Å². The third-order valence-corrected chi connectivity index (χ3v) is 3.21. The van der Waals surface area contributed by atoms with Crippen molar-refractivity contribution in [3.63, 3.8) is 0 Å². The number of fused-ring (bicyclic) bond motifs is 1. The number of hydrogen-bond acceptors (Lipinski definition) is 7. The summed E-state index contributed by atoms with van der Waals surface area (Å²) in [4.78, 5) is 12.3. The fourth-order valence-corrected chi connectivity index (χ4v) is 2.24. The molecule has 0 aliphatic carbocycles. The molecule has 2 aromatic rings. The van der Waals surface area contributed by atoms with Crippen LogP contribution in [0.4, 0.5) is 0 Å². The molecule has 1 fully saturated rings. The molecule has 102 valence electrons. The second-order valence-corrected chi connectivity index (χ2v) is 4.32. The highest BCUT2D eigenvalue weighted by Crippen LogP contribution is 2.31. The van der Waals surface area contributed by atoms with E-state index in [1.807, 2.05) is 0 Å². The lowest BCUT2D eigenvalue weighted by Gasteiger charge is -2.13. The van der Waals surface area contributed by atoms with Gasteiger partial charge in [0.25, 0.3) is 0 Å². The van der Waals surface area contributed by atoms with E-state index in [9.17, 15) is 5.11 Å². The monoisotopic (exact) mass is 266 g/mol. The topological polar surface area (TPSA) is 103 Å². The maximum absolute atomic E-state index is 9.75. The molecule has 0 aromatic carbocycles. The van der Waals surface area contributed by atoms with Crippen LogP contribution in [-0.4, -0.2) is 55.7 Å². The number of aromatic nitrogens is 4. The second-order valence-electron chi connectivity index (χ2n) is 4.32. The van der Waals surface area contributed by atoms with Crippen LogP contribution in [0.5, 0.6) is 5.88 Å². The van der Waals surface area contributed by atoms with Gasteiger partial charge in [0.2, 0.25) is 5.88 Å². The van der Waals surface area contributed by atoms with E-state index in [4.69, 9.17) is 14.6 Å². The molecule has 8 nitrogen and oxygen atoms in total. The van der Waals surface area contributed by atoms with Crippen molar-refractivity contribution < 1.29 is 19.7 Å². The Hall–Kier alpha value is -1.77. The first-order chi connectivity index (χ1) is 9.24. The molecule has 0 amide bonds. The highest BCUT2D eigenvalue weighted by molar-refractivity contribution is 5.75. The predicted octanol–water partition coefficient (Wildman–Crippen LogP) is -0.524. The molecular formula is C11H14N4O4. The first-order valence-electron chi connectivity index (χ1n) is 5.90. The number of rotatable bonds is 3. The molecule has 1 aliphatic heterocycles. The third-order valence-electron chi connectivity index (χ3n) is 3.21. The summed E-state index contributed by atoms with van der Waals surface area (Å²) in [7, 11) is 1.51. The van der Waals surface area contributed by atoms with E-state index in [0.29, 0.717) is 23.5 Å². The van der Waals surface area contributed by atoms with Crippen LogP contribution >= 0.6 is 0 Å². The molecule has 2 N–H and O–H groups in total. The molecule has 0 bridgehead atoms. The summed E-state index contributed by atoms with van der Waals surface area (Å²) in [6.45, 7) is -0.220. The van der Waals surface area contributed by atoms with Crippen LogP contribution < -0.4 is 4.74 Å². The largest absolute Gasteiger partial charge is 0.479 e. The van der Waals surface area contributed by atoms with Crippen LogP contribution in [0.3, 0.4) is 0 Å². The molecule has 0 unspecified atom stereocenters. The zero-order valence-corrected chi connectivity index (χ0v) is 10.3. The van der Waals surface area contributed by atoms with Crippen LogP contribution in [0.25, 0.3) is 11.2 Å². The van der Waals surface area contributed by atoms with Gasteiger partial charge in [-0.05, 0) is 0 Å². The van der Waals surface area contributed by atoms with E-state index >= 15 is 0 Å². The highest BCUT2D eigenvalue weighted by atomic mass is 16.5. The Morgan fingerprint density at radius 3 is 3.00 bits per heavy atom. The van der Waals surface area contributed by atoms with Crippen molar-refractivity contribution in [2.45, 2.75) is 24.9 Å². The minimum Gasteiger partial charge on any atom is -0.479 e. The summed E-state index contributed by atoms with van der Waals surface area (Å²) in [6.07, 6.45) is 1.65. The summed E-state index contributed by atoms with van der Waals surface area (Å²) in [5.74, 6) is 0.390. The zero-order chi connectivity index (χ0) is 13.4.